The first-order chi connectivity index (χ1) is 12.6. The molecule has 2 aromatic carbocycles. The van der Waals surface area contributed by atoms with E-state index in [0.717, 1.165) is 11.3 Å². The Hall–Kier alpha value is -3.35. The summed E-state index contributed by atoms with van der Waals surface area (Å²) in [5, 5.41) is 14.2. The third kappa shape index (κ3) is 4.00. The summed E-state index contributed by atoms with van der Waals surface area (Å²) in [6, 6.07) is 14.8. The summed E-state index contributed by atoms with van der Waals surface area (Å²) in [6.07, 6.45) is 0. The zero-order valence-electron chi connectivity index (χ0n) is 14.8. The number of hydrogen-bond acceptors (Lipinski definition) is 6. The van der Waals surface area contributed by atoms with Gasteiger partial charge in [-0.25, -0.2) is 0 Å². The minimum Gasteiger partial charge on any atom is -0.494 e. The lowest BCUT2D eigenvalue weighted by Gasteiger charge is -2.14. The van der Waals surface area contributed by atoms with Crippen molar-refractivity contribution < 1.29 is 13.9 Å². The highest BCUT2D eigenvalue weighted by molar-refractivity contribution is 5.90. The molecule has 0 spiro atoms. The Bertz CT molecular complexity index is 893. The lowest BCUT2D eigenvalue weighted by Crippen LogP contribution is -2.09. The van der Waals surface area contributed by atoms with Crippen LogP contribution in [0.2, 0.25) is 0 Å². The third-order valence-corrected chi connectivity index (χ3v) is 3.73. The number of carbonyl (C=O) groups is 1. The van der Waals surface area contributed by atoms with Crippen LogP contribution in [0.15, 0.2) is 52.9 Å². The lowest BCUT2D eigenvalue weighted by molar-refractivity contribution is -0.114. The van der Waals surface area contributed by atoms with Crippen molar-refractivity contribution >= 4 is 17.3 Å². The molecule has 1 heterocycles. The summed E-state index contributed by atoms with van der Waals surface area (Å²) in [6.45, 7) is 3.38. The van der Waals surface area contributed by atoms with Crippen LogP contribution in [0.4, 0.5) is 11.4 Å². The van der Waals surface area contributed by atoms with Gasteiger partial charge in [-0.15, -0.1) is 10.2 Å². The van der Waals surface area contributed by atoms with Crippen LogP contribution in [-0.2, 0) is 4.79 Å². The lowest BCUT2D eigenvalue weighted by atomic mass is 10.2. The second kappa shape index (κ2) is 7.69. The van der Waals surface area contributed by atoms with Crippen LogP contribution < -0.4 is 15.4 Å². The van der Waals surface area contributed by atoms with Gasteiger partial charge in [0.05, 0.1) is 12.8 Å². The number of benzene rings is 2. The van der Waals surface area contributed by atoms with E-state index >= 15 is 0 Å². The highest BCUT2D eigenvalue weighted by Gasteiger charge is 2.16. The predicted molar refractivity (Wildman–Crippen MR) is 99.1 cm³/mol. The molecular formula is C19H20N4O3. The Balaban J connectivity index is 1.75. The number of nitrogens with one attached hydrogen (secondary N) is 2. The second-order valence-electron chi connectivity index (χ2n) is 5.77. The number of carbonyl (C=O) groups excluding carboxylic acids is 1. The minimum absolute atomic E-state index is 0.156. The maximum atomic E-state index is 11.2. The Labute approximate surface area is 151 Å². The van der Waals surface area contributed by atoms with Crippen LogP contribution in [0.3, 0.4) is 0 Å². The van der Waals surface area contributed by atoms with Gasteiger partial charge in [0.1, 0.15) is 11.8 Å². The quantitative estimate of drug-likeness (QED) is 0.700. The van der Waals surface area contributed by atoms with Crippen molar-refractivity contribution in [3.63, 3.8) is 0 Å². The summed E-state index contributed by atoms with van der Waals surface area (Å²) < 4.78 is 11.1. The average molecular weight is 352 g/mol. The molecule has 1 amide bonds. The summed E-state index contributed by atoms with van der Waals surface area (Å²) in [5.41, 5.74) is 2.30. The van der Waals surface area contributed by atoms with Gasteiger partial charge in [0.2, 0.25) is 17.7 Å². The van der Waals surface area contributed by atoms with Crippen LogP contribution in [-0.4, -0.2) is 23.2 Å². The molecule has 0 fully saturated rings. The number of methoxy groups -OCH3 is 1. The van der Waals surface area contributed by atoms with E-state index in [2.05, 4.69) is 20.8 Å². The van der Waals surface area contributed by atoms with Crippen molar-refractivity contribution in [2.75, 3.05) is 17.7 Å². The molecule has 7 nitrogen and oxygen atoms in total. The summed E-state index contributed by atoms with van der Waals surface area (Å²) in [4.78, 5) is 11.2. The zero-order valence-corrected chi connectivity index (χ0v) is 14.8. The first-order valence-corrected chi connectivity index (χ1v) is 8.18. The number of nitrogens with zero attached hydrogens (tertiary/aromatic N) is 2. The molecule has 0 aliphatic heterocycles. The molecule has 0 saturated carbocycles. The Morgan fingerprint density at radius 3 is 2.62 bits per heavy atom. The maximum absolute atomic E-state index is 11.2. The van der Waals surface area contributed by atoms with Crippen molar-refractivity contribution in [1.82, 2.24) is 10.2 Å². The molecule has 26 heavy (non-hydrogen) atoms. The molecule has 0 radical (unpaired) electrons. The van der Waals surface area contributed by atoms with Gasteiger partial charge in [0.15, 0.2) is 0 Å². The van der Waals surface area contributed by atoms with E-state index in [1.165, 1.54) is 6.92 Å². The van der Waals surface area contributed by atoms with E-state index < -0.39 is 0 Å². The third-order valence-electron chi connectivity index (χ3n) is 3.73. The average Bonchev–Trinajstić information content (AvgIpc) is 3.13. The molecular weight excluding hydrogens is 332 g/mol. The Morgan fingerprint density at radius 2 is 1.92 bits per heavy atom. The van der Waals surface area contributed by atoms with Crippen molar-refractivity contribution in [3.8, 4) is 17.2 Å². The van der Waals surface area contributed by atoms with Gasteiger partial charge in [-0.1, -0.05) is 18.2 Å². The van der Waals surface area contributed by atoms with Gasteiger partial charge in [-0.05, 0) is 31.2 Å². The van der Waals surface area contributed by atoms with Crippen LogP contribution in [0.5, 0.6) is 5.75 Å². The van der Waals surface area contributed by atoms with E-state index in [4.69, 9.17) is 9.15 Å². The summed E-state index contributed by atoms with van der Waals surface area (Å²) in [7, 11) is 1.55. The summed E-state index contributed by atoms with van der Waals surface area (Å²) in [5.74, 6) is 1.37. The smallest absolute Gasteiger partial charge is 0.247 e. The highest BCUT2D eigenvalue weighted by atomic mass is 16.5. The largest absolute Gasteiger partial charge is 0.494 e. The van der Waals surface area contributed by atoms with E-state index in [0.29, 0.717) is 23.2 Å². The minimum atomic E-state index is -0.198. The maximum Gasteiger partial charge on any atom is 0.247 e. The van der Waals surface area contributed by atoms with Crippen LogP contribution >= 0.6 is 0 Å². The Kier molecular flexibility index (Phi) is 5.17. The number of aromatic nitrogens is 2. The number of rotatable bonds is 6. The van der Waals surface area contributed by atoms with Crippen LogP contribution in [0.25, 0.3) is 11.5 Å². The van der Waals surface area contributed by atoms with Gasteiger partial charge in [-0.2, -0.15) is 0 Å². The molecule has 0 saturated heterocycles. The van der Waals surface area contributed by atoms with E-state index in [-0.39, 0.29) is 11.9 Å². The molecule has 1 aromatic heterocycles. The number of hydrogen-bond donors (Lipinski definition) is 2. The van der Waals surface area contributed by atoms with Gasteiger partial charge in [-0.3, -0.25) is 4.79 Å². The van der Waals surface area contributed by atoms with E-state index in [9.17, 15) is 4.79 Å². The zero-order chi connectivity index (χ0) is 18.5. The fraction of sp³-hybridized carbons (Fsp3) is 0.211. The SMILES string of the molecule is COc1cc(NC(C)c2nnc(-c3ccccc3)o2)ccc1NC(C)=O. The first kappa shape index (κ1) is 17.5. The van der Waals surface area contributed by atoms with E-state index in [1.807, 2.05) is 43.3 Å². The molecule has 0 aliphatic carbocycles. The topological polar surface area (TPSA) is 89.3 Å². The monoisotopic (exact) mass is 352 g/mol. The Morgan fingerprint density at radius 1 is 1.15 bits per heavy atom. The molecule has 3 aromatic rings. The number of amides is 1. The molecule has 7 heteroatoms. The van der Waals surface area contributed by atoms with Crippen molar-refractivity contribution in [2.24, 2.45) is 0 Å². The van der Waals surface area contributed by atoms with Gasteiger partial charge in [0, 0.05) is 24.2 Å². The summed E-state index contributed by atoms with van der Waals surface area (Å²) >= 11 is 0. The van der Waals surface area contributed by atoms with Gasteiger partial charge >= 0.3 is 0 Å². The fourth-order valence-corrected chi connectivity index (χ4v) is 2.49. The molecule has 0 bridgehead atoms. The van der Waals surface area contributed by atoms with Gasteiger partial charge < -0.3 is 19.8 Å². The van der Waals surface area contributed by atoms with Crippen LogP contribution in [0, 0.1) is 0 Å². The highest BCUT2D eigenvalue weighted by Crippen LogP contribution is 2.30. The second-order valence-corrected chi connectivity index (χ2v) is 5.77. The van der Waals surface area contributed by atoms with Crippen molar-refractivity contribution in [3.05, 3.63) is 54.4 Å². The number of anilines is 2. The number of ether oxygens (including phenoxy) is 1. The molecule has 0 aliphatic rings. The first-order valence-electron chi connectivity index (χ1n) is 8.18. The normalized spacial score (nSPS) is 11.7. The van der Waals surface area contributed by atoms with E-state index in [1.54, 1.807) is 19.2 Å². The standard InChI is InChI=1S/C19H20N4O3/c1-12(18-22-23-19(26-18)14-7-5-4-6-8-14)20-15-9-10-16(21-13(2)24)17(11-15)25-3/h4-12,20H,1-3H3,(H,21,24). The molecule has 1 atom stereocenters. The van der Waals surface area contributed by atoms with Crippen molar-refractivity contribution in [2.45, 2.75) is 19.9 Å². The molecule has 134 valence electrons. The van der Waals surface area contributed by atoms with Gasteiger partial charge in [0.25, 0.3) is 0 Å². The van der Waals surface area contributed by atoms with Crippen LogP contribution in [0.1, 0.15) is 25.8 Å². The molecule has 3 rings (SSSR count). The van der Waals surface area contributed by atoms with Crippen molar-refractivity contribution in [1.29, 1.82) is 0 Å². The predicted octanol–water partition coefficient (Wildman–Crippen LogP) is 3.88. The molecule has 1 unspecified atom stereocenters. The fourth-order valence-electron chi connectivity index (χ4n) is 2.49. The molecule has 2 N–H and O–H groups in total.